The highest BCUT2D eigenvalue weighted by molar-refractivity contribution is 7.11. The zero-order chi connectivity index (χ0) is 20.4. The zero-order valence-corrected chi connectivity index (χ0v) is 17.4. The van der Waals surface area contributed by atoms with E-state index in [4.69, 9.17) is 16.3 Å². The second kappa shape index (κ2) is 8.04. The SMILES string of the molecule is COc1ccc(-c2csc(/C(C#N)=C/c3cc4cc(C)ccc4nc3Cl)n2)cc1. The molecule has 29 heavy (non-hydrogen) atoms. The zero-order valence-electron chi connectivity index (χ0n) is 15.8. The number of aryl methyl sites for hydroxylation is 1. The van der Waals surface area contributed by atoms with Crippen LogP contribution in [0, 0.1) is 18.3 Å². The number of benzene rings is 2. The highest BCUT2D eigenvalue weighted by Gasteiger charge is 2.11. The summed E-state index contributed by atoms with van der Waals surface area (Å²) in [4.78, 5) is 9.08. The standard InChI is InChI=1S/C23H16ClN3OS/c1-14-3-8-20-16(9-14)10-17(22(24)26-20)11-18(12-25)23-27-21(13-29-23)15-4-6-19(28-2)7-5-15/h3-11,13H,1-2H3/b18-11+. The van der Waals surface area contributed by atoms with Gasteiger partial charge in [-0.05, 0) is 55.5 Å². The van der Waals surface area contributed by atoms with Crippen LogP contribution in [0.3, 0.4) is 0 Å². The Hall–Kier alpha value is -3.20. The Morgan fingerprint density at radius 2 is 1.93 bits per heavy atom. The normalized spacial score (nSPS) is 11.4. The van der Waals surface area contributed by atoms with Crippen molar-refractivity contribution in [2.75, 3.05) is 7.11 Å². The van der Waals surface area contributed by atoms with Crippen molar-refractivity contribution in [2.24, 2.45) is 0 Å². The molecule has 4 aromatic rings. The van der Waals surface area contributed by atoms with Gasteiger partial charge in [0.1, 0.15) is 22.0 Å². The summed E-state index contributed by atoms with van der Waals surface area (Å²) < 4.78 is 5.19. The number of aromatic nitrogens is 2. The molecule has 6 heteroatoms. The lowest BCUT2D eigenvalue weighted by Crippen LogP contribution is -1.88. The summed E-state index contributed by atoms with van der Waals surface area (Å²) in [5, 5.41) is 13.6. The van der Waals surface area contributed by atoms with E-state index in [1.54, 1.807) is 13.2 Å². The van der Waals surface area contributed by atoms with Crippen LogP contribution in [0.1, 0.15) is 16.1 Å². The van der Waals surface area contributed by atoms with Gasteiger partial charge in [0, 0.05) is 21.9 Å². The Balaban J connectivity index is 1.71. The average molecular weight is 418 g/mol. The van der Waals surface area contributed by atoms with Crippen molar-refractivity contribution in [2.45, 2.75) is 6.92 Å². The molecular formula is C23H16ClN3OS. The molecule has 0 fully saturated rings. The summed E-state index contributed by atoms with van der Waals surface area (Å²) in [5.41, 5.74) is 4.89. The number of hydrogen-bond acceptors (Lipinski definition) is 5. The van der Waals surface area contributed by atoms with E-state index >= 15 is 0 Å². The topological polar surface area (TPSA) is 58.8 Å². The fraction of sp³-hybridized carbons (Fsp3) is 0.0870. The molecule has 0 aliphatic heterocycles. The maximum atomic E-state index is 9.71. The third-order valence-corrected chi connectivity index (χ3v) is 5.67. The number of ether oxygens (including phenoxy) is 1. The summed E-state index contributed by atoms with van der Waals surface area (Å²) in [6, 6.07) is 17.8. The lowest BCUT2D eigenvalue weighted by atomic mass is 10.1. The molecule has 2 aromatic carbocycles. The molecule has 0 saturated carbocycles. The van der Waals surface area contributed by atoms with Gasteiger partial charge in [-0.2, -0.15) is 5.26 Å². The van der Waals surface area contributed by atoms with Crippen molar-refractivity contribution in [3.8, 4) is 23.1 Å². The van der Waals surface area contributed by atoms with Gasteiger partial charge >= 0.3 is 0 Å². The number of methoxy groups -OCH3 is 1. The molecule has 0 bridgehead atoms. The second-order valence-electron chi connectivity index (χ2n) is 6.50. The number of nitrogens with zero attached hydrogens (tertiary/aromatic N) is 3. The van der Waals surface area contributed by atoms with Crippen LogP contribution in [0.25, 0.3) is 33.8 Å². The molecule has 0 atom stereocenters. The first-order chi connectivity index (χ1) is 14.1. The Morgan fingerprint density at radius 3 is 2.66 bits per heavy atom. The molecule has 142 valence electrons. The molecule has 0 unspecified atom stereocenters. The Kier molecular flexibility index (Phi) is 5.30. The third-order valence-electron chi connectivity index (χ3n) is 4.49. The van der Waals surface area contributed by atoms with Crippen LogP contribution in [-0.4, -0.2) is 17.1 Å². The molecule has 4 rings (SSSR count). The van der Waals surface area contributed by atoms with Crippen molar-refractivity contribution in [3.05, 3.63) is 75.2 Å². The van der Waals surface area contributed by atoms with Crippen molar-refractivity contribution >= 4 is 45.5 Å². The monoisotopic (exact) mass is 417 g/mol. The number of halogens is 1. The molecule has 2 heterocycles. The molecule has 4 nitrogen and oxygen atoms in total. The number of thiazole rings is 1. The van der Waals surface area contributed by atoms with Gasteiger partial charge < -0.3 is 4.74 Å². The van der Waals surface area contributed by atoms with Gasteiger partial charge in [0.25, 0.3) is 0 Å². The van der Waals surface area contributed by atoms with E-state index in [-0.39, 0.29) is 0 Å². The van der Waals surface area contributed by atoms with Gasteiger partial charge in [0.2, 0.25) is 0 Å². The third kappa shape index (κ3) is 4.00. The summed E-state index contributed by atoms with van der Waals surface area (Å²) in [7, 11) is 1.63. The van der Waals surface area contributed by atoms with Gasteiger partial charge in [-0.1, -0.05) is 23.2 Å². The number of hydrogen-bond donors (Lipinski definition) is 0. The van der Waals surface area contributed by atoms with Crippen LogP contribution < -0.4 is 4.74 Å². The lowest BCUT2D eigenvalue weighted by molar-refractivity contribution is 0.415. The van der Waals surface area contributed by atoms with E-state index in [2.05, 4.69) is 16.0 Å². The van der Waals surface area contributed by atoms with E-state index in [1.165, 1.54) is 11.3 Å². The van der Waals surface area contributed by atoms with Crippen LogP contribution in [0.2, 0.25) is 5.15 Å². The molecule has 0 N–H and O–H groups in total. The summed E-state index contributed by atoms with van der Waals surface area (Å²) in [6.07, 6.45) is 1.74. The molecule has 2 aromatic heterocycles. The minimum absolute atomic E-state index is 0.362. The van der Waals surface area contributed by atoms with E-state index in [1.807, 2.05) is 60.8 Å². The predicted molar refractivity (Wildman–Crippen MR) is 119 cm³/mol. The fourth-order valence-electron chi connectivity index (χ4n) is 2.98. The number of allylic oxidation sites excluding steroid dienone is 1. The van der Waals surface area contributed by atoms with Crippen LogP contribution in [0.5, 0.6) is 5.75 Å². The molecule has 0 aliphatic rings. The number of rotatable bonds is 4. The highest BCUT2D eigenvalue weighted by atomic mass is 35.5. The first-order valence-corrected chi connectivity index (χ1v) is 10.1. The Morgan fingerprint density at radius 1 is 1.14 bits per heavy atom. The predicted octanol–water partition coefficient (Wildman–Crippen LogP) is 6.39. The number of pyridine rings is 1. The number of nitriles is 1. The summed E-state index contributed by atoms with van der Waals surface area (Å²) >= 11 is 7.79. The Labute approximate surface area is 177 Å². The minimum atomic E-state index is 0.362. The molecular weight excluding hydrogens is 402 g/mol. The summed E-state index contributed by atoms with van der Waals surface area (Å²) in [5.74, 6) is 0.787. The van der Waals surface area contributed by atoms with Crippen molar-refractivity contribution in [1.29, 1.82) is 5.26 Å². The lowest BCUT2D eigenvalue weighted by Gasteiger charge is -2.04. The van der Waals surface area contributed by atoms with Crippen LogP contribution >= 0.6 is 22.9 Å². The van der Waals surface area contributed by atoms with E-state index in [0.29, 0.717) is 21.3 Å². The average Bonchev–Trinajstić information content (AvgIpc) is 3.22. The second-order valence-corrected chi connectivity index (χ2v) is 7.72. The molecule has 0 radical (unpaired) electrons. The Bertz CT molecular complexity index is 1270. The van der Waals surface area contributed by atoms with E-state index in [0.717, 1.165) is 33.5 Å². The summed E-state index contributed by atoms with van der Waals surface area (Å²) in [6.45, 7) is 2.03. The molecule has 0 amide bonds. The first-order valence-electron chi connectivity index (χ1n) is 8.86. The van der Waals surface area contributed by atoms with Crippen molar-refractivity contribution in [3.63, 3.8) is 0 Å². The van der Waals surface area contributed by atoms with Crippen LogP contribution in [0.15, 0.2) is 53.9 Å². The maximum absolute atomic E-state index is 9.71. The fourth-order valence-corrected chi connectivity index (χ4v) is 3.97. The first kappa shape index (κ1) is 19.1. The largest absolute Gasteiger partial charge is 0.497 e. The maximum Gasteiger partial charge on any atom is 0.137 e. The molecule has 0 spiro atoms. The van der Waals surface area contributed by atoms with Gasteiger partial charge in [0.15, 0.2) is 0 Å². The molecule has 0 saturated heterocycles. The van der Waals surface area contributed by atoms with Crippen molar-refractivity contribution in [1.82, 2.24) is 9.97 Å². The molecule has 0 aliphatic carbocycles. The van der Waals surface area contributed by atoms with E-state index < -0.39 is 0 Å². The van der Waals surface area contributed by atoms with Gasteiger partial charge in [0.05, 0.1) is 23.9 Å². The van der Waals surface area contributed by atoms with Gasteiger partial charge in [-0.15, -0.1) is 11.3 Å². The van der Waals surface area contributed by atoms with Gasteiger partial charge in [-0.3, -0.25) is 0 Å². The van der Waals surface area contributed by atoms with Crippen molar-refractivity contribution < 1.29 is 4.74 Å². The smallest absolute Gasteiger partial charge is 0.137 e. The van der Waals surface area contributed by atoms with Gasteiger partial charge in [-0.25, -0.2) is 9.97 Å². The highest BCUT2D eigenvalue weighted by Crippen LogP contribution is 2.30. The minimum Gasteiger partial charge on any atom is -0.497 e. The number of fused-ring (bicyclic) bond motifs is 1. The quantitative estimate of drug-likeness (QED) is 0.285. The van der Waals surface area contributed by atoms with Crippen LogP contribution in [-0.2, 0) is 0 Å². The van der Waals surface area contributed by atoms with E-state index in [9.17, 15) is 5.26 Å². The van der Waals surface area contributed by atoms with Crippen LogP contribution in [0.4, 0.5) is 0 Å².